The molecular formula is C62H42N2. The second kappa shape index (κ2) is 15.8. The lowest BCUT2D eigenvalue weighted by atomic mass is 9.94. The zero-order valence-corrected chi connectivity index (χ0v) is 35.1. The Morgan fingerprint density at radius 2 is 0.766 bits per heavy atom. The topological polar surface area (TPSA) is 8.17 Å². The van der Waals surface area contributed by atoms with E-state index in [0.717, 1.165) is 28.2 Å². The molecule has 0 atom stereocenters. The second-order valence-electron chi connectivity index (χ2n) is 16.5. The van der Waals surface area contributed by atoms with Gasteiger partial charge in [-0.25, -0.2) is 0 Å². The summed E-state index contributed by atoms with van der Waals surface area (Å²) in [5.41, 5.74) is 16.4. The lowest BCUT2D eigenvalue weighted by Crippen LogP contribution is -2.11. The average molecular weight is 815 g/mol. The molecule has 0 amide bonds. The first-order valence-electron chi connectivity index (χ1n) is 22.0. The highest BCUT2D eigenvalue weighted by Gasteiger charge is 2.21. The predicted molar refractivity (Wildman–Crippen MR) is 272 cm³/mol. The maximum absolute atomic E-state index is 2.48. The van der Waals surface area contributed by atoms with E-state index in [1.807, 2.05) is 0 Å². The number of benzene rings is 11. The fraction of sp³-hybridized carbons (Fsp3) is 0. The van der Waals surface area contributed by atoms with Gasteiger partial charge in [0.05, 0.1) is 22.4 Å². The SMILES string of the molecule is c1ccc(-c2ccc(-c3ccc(N(c4ccccc4)c4ccccc4-c4cccc(-c5cccc6c5c5ccccc5n6-c5cc6ccccc6c6ccccc56)c4)cc3)cc2)cc1. The number of para-hydroxylation sites is 3. The van der Waals surface area contributed by atoms with Crippen molar-refractivity contribution in [2.75, 3.05) is 4.90 Å². The van der Waals surface area contributed by atoms with Crippen LogP contribution in [0.2, 0.25) is 0 Å². The quantitative estimate of drug-likeness (QED) is 0.139. The van der Waals surface area contributed by atoms with Gasteiger partial charge in [-0.1, -0.05) is 200 Å². The molecule has 64 heavy (non-hydrogen) atoms. The molecule has 0 saturated heterocycles. The van der Waals surface area contributed by atoms with Crippen LogP contribution < -0.4 is 4.90 Å². The number of anilines is 3. The van der Waals surface area contributed by atoms with Crippen LogP contribution in [-0.4, -0.2) is 4.57 Å². The number of fused-ring (bicyclic) bond motifs is 6. The zero-order valence-electron chi connectivity index (χ0n) is 35.1. The van der Waals surface area contributed by atoms with Crippen LogP contribution in [-0.2, 0) is 0 Å². The summed E-state index contributed by atoms with van der Waals surface area (Å²) in [7, 11) is 0. The van der Waals surface area contributed by atoms with Crippen molar-refractivity contribution in [2.24, 2.45) is 0 Å². The highest BCUT2D eigenvalue weighted by molar-refractivity contribution is 6.18. The molecule has 0 radical (unpaired) electrons. The fourth-order valence-electron chi connectivity index (χ4n) is 9.80. The molecular weight excluding hydrogens is 773 g/mol. The summed E-state index contributed by atoms with van der Waals surface area (Å²) < 4.78 is 2.48. The second-order valence-corrected chi connectivity index (χ2v) is 16.5. The summed E-state index contributed by atoms with van der Waals surface area (Å²) in [6, 6.07) is 92.6. The van der Waals surface area contributed by atoms with Crippen LogP contribution in [0.3, 0.4) is 0 Å². The van der Waals surface area contributed by atoms with E-state index in [1.54, 1.807) is 0 Å². The monoisotopic (exact) mass is 814 g/mol. The van der Waals surface area contributed by atoms with Gasteiger partial charge < -0.3 is 9.47 Å². The first-order chi connectivity index (χ1) is 31.8. The first kappa shape index (κ1) is 37.3. The van der Waals surface area contributed by atoms with Crippen LogP contribution in [0.4, 0.5) is 17.1 Å². The van der Waals surface area contributed by atoms with Crippen molar-refractivity contribution in [3.8, 4) is 50.2 Å². The van der Waals surface area contributed by atoms with E-state index in [4.69, 9.17) is 0 Å². The Labute approximate surface area is 373 Å². The lowest BCUT2D eigenvalue weighted by molar-refractivity contribution is 1.20. The molecule has 12 aromatic rings. The van der Waals surface area contributed by atoms with Crippen LogP contribution in [0.25, 0.3) is 93.5 Å². The molecule has 300 valence electrons. The van der Waals surface area contributed by atoms with Crippen LogP contribution in [0.1, 0.15) is 0 Å². The number of rotatable bonds is 8. The van der Waals surface area contributed by atoms with Gasteiger partial charge in [-0.05, 0) is 110 Å². The van der Waals surface area contributed by atoms with Gasteiger partial charge in [-0.3, -0.25) is 0 Å². The highest BCUT2D eigenvalue weighted by atomic mass is 15.1. The molecule has 0 unspecified atom stereocenters. The van der Waals surface area contributed by atoms with Gasteiger partial charge in [0, 0.05) is 33.1 Å². The molecule has 1 aromatic heterocycles. The summed E-state index contributed by atoms with van der Waals surface area (Å²) in [4.78, 5) is 2.38. The van der Waals surface area contributed by atoms with E-state index in [1.165, 1.54) is 82.4 Å². The van der Waals surface area contributed by atoms with Crippen LogP contribution in [0.5, 0.6) is 0 Å². The van der Waals surface area contributed by atoms with Gasteiger partial charge in [0.15, 0.2) is 0 Å². The van der Waals surface area contributed by atoms with E-state index in [2.05, 4.69) is 264 Å². The summed E-state index contributed by atoms with van der Waals surface area (Å²) in [5.74, 6) is 0. The zero-order chi connectivity index (χ0) is 42.4. The number of hydrogen-bond donors (Lipinski definition) is 0. The maximum Gasteiger partial charge on any atom is 0.0547 e. The maximum atomic E-state index is 2.48. The Bertz CT molecular complexity index is 3640. The Hall–Kier alpha value is -8.46. The predicted octanol–water partition coefficient (Wildman–Crippen LogP) is 17.2. The molecule has 0 spiro atoms. The van der Waals surface area contributed by atoms with E-state index in [9.17, 15) is 0 Å². The third-order valence-electron chi connectivity index (χ3n) is 12.8. The highest BCUT2D eigenvalue weighted by Crippen LogP contribution is 2.45. The molecule has 0 bridgehead atoms. The molecule has 12 rings (SSSR count). The van der Waals surface area contributed by atoms with E-state index in [0.29, 0.717) is 0 Å². The van der Waals surface area contributed by atoms with Gasteiger partial charge in [-0.15, -0.1) is 0 Å². The van der Waals surface area contributed by atoms with E-state index >= 15 is 0 Å². The third-order valence-corrected chi connectivity index (χ3v) is 12.8. The average Bonchev–Trinajstić information content (AvgIpc) is 3.72. The van der Waals surface area contributed by atoms with Gasteiger partial charge in [0.1, 0.15) is 0 Å². The minimum atomic E-state index is 1.10. The molecule has 0 aliphatic carbocycles. The summed E-state index contributed by atoms with van der Waals surface area (Å²) in [6.07, 6.45) is 0. The molecule has 0 aliphatic rings. The van der Waals surface area contributed by atoms with E-state index < -0.39 is 0 Å². The molecule has 2 heteroatoms. The largest absolute Gasteiger partial charge is 0.310 e. The summed E-state index contributed by atoms with van der Waals surface area (Å²) in [5, 5.41) is 7.50. The Kier molecular flexibility index (Phi) is 9.20. The van der Waals surface area contributed by atoms with E-state index in [-0.39, 0.29) is 0 Å². The minimum absolute atomic E-state index is 1.10. The molecule has 0 saturated carbocycles. The molecule has 1 heterocycles. The summed E-state index contributed by atoms with van der Waals surface area (Å²) in [6.45, 7) is 0. The van der Waals surface area contributed by atoms with Crippen LogP contribution in [0.15, 0.2) is 255 Å². The van der Waals surface area contributed by atoms with Crippen molar-refractivity contribution in [1.29, 1.82) is 0 Å². The number of hydrogen-bond acceptors (Lipinski definition) is 1. The Balaban J connectivity index is 0.967. The first-order valence-corrected chi connectivity index (χ1v) is 22.0. The van der Waals surface area contributed by atoms with Crippen molar-refractivity contribution in [3.05, 3.63) is 255 Å². The van der Waals surface area contributed by atoms with Crippen molar-refractivity contribution in [1.82, 2.24) is 4.57 Å². The van der Waals surface area contributed by atoms with Gasteiger partial charge in [-0.2, -0.15) is 0 Å². The van der Waals surface area contributed by atoms with Crippen molar-refractivity contribution < 1.29 is 0 Å². The summed E-state index contributed by atoms with van der Waals surface area (Å²) >= 11 is 0. The van der Waals surface area contributed by atoms with Crippen LogP contribution in [0, 0.1) is 0 Å². The Morgan fingerprint density at radius 3 is 1.52 bits per heavy atom. The minimum Gasteiger partial charge on any atom is -0.310 e. The normalized spacial score (nSPS) is 11.4. The molecule has 0 fully saturated rings. The van der Waals surface area contributed by atoms with Crippen LogP contribution >= 0.6 is 0 Å². The fourth-order valence-corrected chi connectivity index (χ4v) is 9.80. The molecule has 11 aromatic carbocycles. The Morgan fingerprint density at radius 1 is 0.281 bits per heavy atom. The molecule has 2 nitrogen and oxygen atoms in total. The van der Waals surface area contributed by atoms with Crippen molar-refractivity contribution in [3.63, 3.8) is 0 Å². The smallest absolute Gasteiger partial charge is 0.0547 e. The standard InChI is InChI=1S/C62H42N2/c1-3-17-43(18-4-1)44-33-35-45(36-34-44)46-37-39-51(40-38-46)63(50-22-5-2-6-23-50)58-30-13-11-25-53(58)47-20-15-21-48(41-47)54-29-16-32-60-62(54)57-28-12-14-31-59(57)64(60)61-42-49-19-7-8-24-52(49)55-26-9-10-27-56(55)61/h1-42H. The van der Waals surface area contributed by atoms with Gasteiger partial charge >= 0.3 is 0 Å². The van der Waals surface area contributed by atoms with Gasteiger partial charge in [0.25, 0.3) is 0 Å². The molecule has 0 N–H and O–H groups in total. The van der Waals surface area contributed by atoms with Crippen molar-refractivity contribution >= 4 is 60.4 Å². The van der Waals surface area contributed by atoms with Crippen molar-refractivity contribution in [2.45, 2.75) is 0 Å². The number of nitrogens with zero attached hydrogens (tertiary/aromatic N) is 2. The third kappa shape index (κ3) is 6.44. The lowest BCUT2D eigenvalue weighted by Gasteiger charge is -2.28. The number of aromatic nitrogens is 1. The molecule has 0 aliphatic heterocycles. The van der Waals surface area contributed by atoms with Gasteiger partial charge in [0.2, 0.25) is 0 Å².